The van der Waals surface area contributed by atoms with Gasteiger partial charge in [0, 0.05) is 17.3 Å². The fraction of sp³-hybridized carbons (Fsp3) is 0.455. The summed E-state index contributed by atoms with van der Waals surface area (Å²) >= 11 is 0. The van der Waals surface area contributed by atoms with Gasteiger partial charge in [-0.05, 0) is 26.8 Å². The van der Waals surface area contributed by atoms with Crippen LogP contribution < -0.4 is 10.9 Å². The number of aryl methyl sites for hydroxylation is 1. The topological polar surface area (TPSA) is 82.2 Å². The first-order chi connectivity index (χ1) is 7.34. The maximum absolute atomic E-state index is 11.7. The van der Waals surface area contributed by atoms with Crippen LogP contribution in [0.2, 0.25) is 0 Å². The molecule has 0 spiro atoms. The van der Waals surface area contributed by atoms with Gasteiger partial charge in [0.1, 0.15) is 0 Å². The number of carbonyl (C=O) groups is 1. The lowest BCUT2D eigenvalue weighted by Gasteiger charge is -2.23. The van der Waals surface area contributed by atoms with E-state index < -0.39 is 5.54 Å². The molecule has 0 fully saturated rings. The highest BCUT2D eigenvalue weighted by Gasteiger charge is 2.20. The molecule has 1 amide bonds. The number of hydrogen-bond donors (Lipinski definition) is 3. The van der Waals surface area contributed by atoms with E-state index in [1.165, 1.54) is 6.07 Å². The number of aromatic amines is 1. The minimum Gasteiger partial charge on any atom is -0.394 e. The molecule has 0 aliphatic carbocycles. The Bertz CT molecular complexity index is 449. The van der Waals surface area contributed by atoms with Gasteiger partial charge >= 0.3 is 0 Å². The Hall–Kier alpha value is -1.62. The third-order valence-electron chi connectivity index (χ3n) is 2.09. The summed E-state index contributed by atoms with van der Waals surface area (Å²) in [7, 11) is 0. The van der Waals surface area contributed by atoms with E-state index in [2.05, 4.69) is 10.3 Å². The van der Waals surface area contributed by atoms with Crippen LogP contribution in [0.5, 0.6) is 0 Å². The number of carbonyl (C=O) groups excluding carboxylic acids is 1. The predicted molar refractivity (Wildman–Crippen MR) is 60.4 cm³/mol. The molecule has 0 aromatic carbocycles. The molecule has 0 unspecified atom stereocenters. The Balaban J connectivity index is 2.93. The van der Waals surface area contributed by atoms with Crippen molar-refractivity contribution in [2.75, 3.05) is 6.61 Å². The summed E-state index contributed by atoms with van der Waals surface area (Å²) < 4.78 is 0. The van der Waals surface area contributed by atoms with Crippen molar-refractivity contribution >= 4 is 5.91 Å². The van der Waals surface area contributed by atoms with Crippen molar-refractivity contribution in [1.82, 2.24) is 10.3 Å². The second-order valence-electron chi connectivity index (χ2n) is 4.41. The van der Waals surface area contributed by atoms with Gasteiger partial charge in [0.2, 0.25) is 5.56 Å². The maximum Gasteiger partial charge on any atom is 0.252 e. The van der Waals surface area contributed by atoms with Crippen LogP contribution in [0.4, 0.5) is 0 Å². The molecule has 0 saturated carbocycles. The summed E-state index contributed by atoms with van der Waals surface area (Å²) in [6, 6.07) is 2.82. The second-order valence-corrected chi connectivity index (χ2v) is 4.41. The van der Waals surface area contributed by atoms with Crippen molar-refractivity contribution in [2.45, 2.75) is 26.3 Å². The zero-order valence-electron chi connectivity index (χ0n) is 9.63. The van der Waals surface area contributed by atoms with Gasteiger partial charge in [0.15, 0.2) is 0 Å². The number of aliphatic hydroxyl groups is 1. The van der Waals surface area contributed by atoms with Gasteiger partial charge < -0.3 is 15.4 Å². The molecule has 0 atom stereocenters. The van der Waals surface area contributed by atoms with Gasteiger partial charge in [0.05, 0.1) is 12.1 Å². The quantitative estimate of drug-likeness (QED) is 0.685. The van der Waals surface area contributed by atoms with Gasteiger partial charge in [-0.25, -0.2) is 0 Å². The Morgan fingerprint density at radius 2 is 2.12 bits per heavy atom. The Kier molecular flexibility index (Phi) is 3.49. The molecule has 0 saturated heterocycles. The van der Waals surface area contributed by atoms with E-state index in [-0.39, 0.29) is 18.1 Å². The summed E-state index contributed by atoms with van der Waals surface area (Å²) in [4.78, 5) is 25.5. The molecular weight excluding hydrogens is 208 g/mol. The van der Waals surface area contributed by atoms with Crippen molar-refractivity contribution in [3.63, 3.8) is 0 Å². The first-order valence-electron chi connectivity index (χ1n) is 4.98. The van der Waals surface area contributed by atoms with E-state index >= 15 is 0 Å². The fourth-order valence-corrected chi connectivity index (χ4v) is 1.23. The highest BCUT2D eigenvalue weighted by Crippen LogP contribution is 2.04. The van der Waals surface area contributed by atoms with Crippen LogP contribution in [0.3, 0.4) is 0 Å². The van der Waals surface area contributed by atoms with Crippen molar-refractivity contribution in [1.29, 1.82) is 0 Å². The van der Waals surface area contributed by atoms with Crippen LogP contribution in [-0.2, 0) is 0 Å². The highest BCUT2D eigenvalue weighted by atomic mass is 16.3. The number of amides is 1. The van der Waals surface area contributed by atoms with Crippen molar-refractivity contribution in [3.8, 4) is 0 Å². The van der Waals surface area contributed by atoms with Crippen LogP contribution in [0.25, 0.3) is 0 Å². The largest absolute Gasteiger partial charge is 0.394 e. The molecule has 1 aromatic heterocycles. The average molecular weight is 224 g/mol. The fourth-order valence-electron chi connectivity index (χ4n) is 1.23. The van der Waals surface area contributed by atoms with Crippen LogP contribution in [0.1, 0.15) is 29.9 Å². The van der Waals surface area contributed by atoms with E-state index in [1.807, 2.05) is 0 Å². The smallest absolute Gasteiger partial charge is 0.252 e. The molecule has 5 heteroatoms. The van der Waals surface area contributed by atoms with E-state index in [4.69, 9.17) is 5.11 Å². The van der Waals surface area contributed by atoms with Gasteiger partial charge in [-0.2, -0.15) is 0 Å². The molecule has 88 valence electrons. The zero-order chi connectivity index (χ0) is 12.3. The van der Waals surface area contributed by atoms with Gasteiger partial charge in [-0.1, -0.05) is 0 Å². The number of nitrogens with one attached hydrogen (secondary N) is 2. The standard InChI is InChI=1S/C11H16N2O3/c1-7-4-8(5-9(15)12-7)10(16)13-11(2,3)6-14/h4-5,14H,6H2,1-3H3,(H,12,15)(H,13,16). The van der Waals surface area contributed by atoms with Gasteiger partial charge in [-0.3, -0.25) is 9.59 Å². The molecule has 0 aliphatic heterocycles. The summed E-state index contributed by atoms with van der Waals surface area (Å²) in [6.07, 6.45) is 0. The highest BCUT2D eigenvalue weighted by molar-refractivity contribution is 5.94. The molecular formula is C11H16N2O3. The van der Waals surface area contributed by atoms with Crippen molar-refractivity contribution in [3.05, 3.63) is 33.7 Å². The van der Waals surface area contributed by atoms with Crippen molar-refractivity contribution < 1.29 is 9.90 Å². The Morgan fingerprint density at radius 3 is 2.62 bits per heavy atom. The Morgan fingerprint density at radius 1 is 1.50 bits per heavy atom. The molecule has 5 nitrogen and oxygen atoms in total. The first-order valence-corrected chi connectivity index (χ1v) is 4.98. The molecule has 0 radical (unpaired) electrons. The molecule has 1 heterocycles. The van der Waals surface area contributed by atoms with E-state index in [0.29, 0.717) is 11.3 Å². The molecule has 1 rings (SSSR count). The molecule has 16 heavy (non-hydrogen) atoms. The summed E-state index contributed by atoms with van der Waals surface area (Å²) in [5, 5.41) is 11.7. The van der Waals surface area contributed by atoms with Gasteiger partial charge in [0.25, 0.3) is 5.91 Å². The van der Waals surface area contributed by atoms with Crippen LogP contribution in [-0.4, -0.2) is 28.1 Å². The van der Waals surface area contributed by atoms with Crippen LogP contribution in [0.15, 0.2) is 16.9 Å². The third kappa shape index (κ3) is 3.20. The molecule has 1 aromatic rings. The molecule has 0 bridgehead atoms. The summed E-state index contributed by atoms with van der Waals surface area (Å²) in [5.74, 6) is -0.367. The second kappa shape index (κ2) is 4.49. The summed E-state index contributed by atoms with van der Waals surface area (Å²) in [6.45, 7) is 4.94. The molecule has 3 N–H and O–H groups in total. The average Bonchev–Trinajstić information content (AvgIpc) is 2.15. The normalized spacial score (nSPS) is 11.2. The SMILES string of the molecule is Cc1cc(C(=O)NC(C)(C)CO)cc(=O)[nH]1. The monoisotopic (exact) mass is 224 g/mol. The number of hydrogen-bond acceptors (Lipinski definition) is 3. The molecule has 0 aliphatic rings. The minimum atomic E-state index is -0.701. The number of rotatable bonds is 3. The van der Waals surface area contributed by atoms with Crippen LogP contribution >= 0.6 is 0 Å². The number of H-pyrrole nitrogens is 1. The zero-order valence-corrected chi connectivity index (χ0v) is 9.63. The third-order valence-corrected chi connectivity index (χ3v) is 2.09. The number of pyridine rings is 1. The maximum atomic E-state index is 11.7. The lowest BCUT2D eigenvalue weighted by atomic mass is 10.1. The Labute approximate surface area is 93.5 Å². The van der Waals surface area contributed by atoms with Gasteiger partial charge in [-0.15, -0.1) is 0 Å². The van der Waals surface area contributed by atoms with E-state index in [9.17, 15) is 9.59 Å². The minimum absolute atomic E-state index is 0.166. The van der Waals surface area contributed by atoms with E-state index in [1.54, 1.807) is 26.8 Å². The number of aliphatic hydroxyl groups excluding tert-OH is 1. The lowest BCUT2D eigenvalue weighted by Crippen LogP contribution is -2.46. The first kappa shape index (κ1) is 12.4. The predicted octanol–water partition coefficient (Wildman–Crippen LogP) is 0.184. The lowest BCUT2D eigenvalue weighted by molar-refractivity contribution is 0.0869. The van der Waals surface area contributed by atoms with Crippen molar-refractivity contribution in [2.24, 2.45) is 0 Å². The van der Waals surface area contributed by atoms with Crippen LogP contribution in [0, 0.1) is 6.92 Å². The summed E-state index contributed by atoms with van der Waals surface area (Å²) in [5.41, 5.74) is -0.0951. The van der Waals surface area contributed by atoms with E-state index in [0.717, 1.165) is 0 Å². The number of aromatic nitrogens is 1.